The number of rotatable bonds is 7. The maximum absolute atomic E-state index is 9.49. The molecule has 3 rings (SSSR count). The first-order valence-corrected chi connectivity index (χ1v) is 8.71. The molecule has 0 aliphatic carbocycles. The summed E-state index contributed by atoms with van der Waals surface area (Å²) in [7, 11) is 0. The van der Waals surface area contributed by atoms with Crippen molar-refractivity contribution >= 4 is 10.8 Å². The molecular weight excluding hydrogens is 310 g/mol. The molecule has 0 bridgehead atoms. The van der Waals surface area contributed by atoms with Crippen molar-refractivity contribution in [3.05, 3.63) is 77.4 Å². The smallest absolute Gasteiger partial charge is 0.124 e. The molecule has 0 amide bonds. The van der Waals surface area contributed by atoms with Gasteiger partial charge >= 0.3 is 0 Å². The highest BCUT2D eigenvalue weighted by atomic mass is 16.5. The van der Waals surface area contributed by atoms with Crippen LogP contribution in [0.4, 0.5) is 0 Å². The van der Waals surface area contributed by atoms with Crippen molar-refractivity contribution in [2.45, 2.75) is 33.1 Å². The van der Waals surface area contributed by atoms with Gasteiger partial charge in [0, 0.05) is 18.7 Å². The highest BCUT2D eigenvalue weighted by molar-refractivity contribution is 5.87. The van der Waals surface area contributed by atoms with E-state index in [1.165, 1.54) is 16.3 Å². The summed E-state index contributed by atoms with van der Waals surface area (Å²) < 4.78 is 6.13. The number of aliphatic hydroxyl groups excluding tert-OH is 1. The number of ether oxygens (including phenoxy) is 1. The molecule has 0 aromatic heterocycles. The van der Waals surface area contributed by atoms with Gasteiger partial charge in [0.05, 0.1) is 6.10 Å². The van der Waals surface area contributed by atoms with Gasteiger partial charge in [0.2, 0.25) is 0 Å². The molecule has 0 spiro atoms. The Bertz CT molecular complexity index is 825. The fourth-order valence-corrected chi connectivity index (χ4v) is 2.88. The quantitative estimate of drug-likeness (QED) is 0.680. The molecule has 0 unspecified atom stereocenters. The van der Waals surface area contributed by atoms with Crippen molar-refractivity contribution in [1.82, 2.24) is 5.32 Å². The highest BCUT2D eigenvalue weighted by Crippen LogP contribution is 2.28. The average Bonchev–Trinajstić information content (AvgIpc) is 2.62. The van der Waals surface area contributed by atoms with Crippen LogP contribution in [0.2, 0.25) is 0 Å². The summed E-state index contributed by atoms with van der Waals surface area (Å²) in [5, 5.41) is 15.2. The lowest BCUT2D eigenvalue weighted by Crippen LogP contribution is -2.24. The topological polar surface area (TPSA) is 41.5 Å². The van der Waals surface area contributed by atoms with Crippen LogP contribution >= 0.6 is 0 Å². The Balaban J connectivity index is 1.83. The van der Waals surface area contributed by atoms with Crippen LogP contribution in [-0.4, -0.2) is 17.8 Å². The van der Waals surface area contributed by atoms with Gasteiger partial charge in [-0.05, 0) is 36.2 Å². The molecule has 0 fully saturated rings. The molecule has 130 valence electrons. The number of aryl methyl sites for hydroxylation is 1. The van der Waals surface area contributed by atoms with E-state index in [4.69, 9.17) is 4.74 Å². The van der Waals surface area contributed by atoms with Gasteiger partial charge in [0.25, 0.3) is 0 Å². The van der Waals surface area contributed by atoms with Crippen LogP contribution in [0.5, 0.6) is 5.75 Å². The normalized spacial score (nSPS) is 12.3. The van der Waals surface area contributed by atoms with Crippen LogP contribution in [0, 0.1) is 6.92 Å². The molecule has 3 aromatic carbocycles. The van der Waals surface area contributed by atoms with Gasteiger partial charge < -0.3 is 15.2 Å². The first kappa shape index (κ1) is 17.5. The van der Waals surface area contributed by atoms with Crippen LogP contribution in [0.3, 0.4) is 0 Å². The maximum atomic E-state index is 9.49. The summed E-state index contributed by atoms with van der Waals surface area (Å²) in [5.41, 5.74) is 3.53. The molecular formula is C22H25NO2. The summed E-state index contributed by atoms with van der Waals surface area (Å²) in [4.78, 5) is 0. The predicted octanol–water partition coefficient (Wildman–Crippen LogP) is 4.20. The van der Waals surface area contributed by atoms with Crippen LogP contribution in [-0.2, 0) is 13.2 Å². The van der Waals surface area contributed by atoms with Gasteiger partial charge in [-0.15, -0.1) is 0 Å². The molecule has 0 aliphatic heterocycles. The number of hydrogen-bond donors (Lipinski definition) is 2. The minimum absolute atomic E-state index is 0.369. The molecule has 25 heavy (non-hydrogen) atoms. The first-order chi connectivity index (χ1) is 12.1. The molecule has 0 aliphatic rings. The fraction of sp³-hybridized carbons (Fsp3) is 0.273. The molecule has 3 nitrogen and oxygen atoms in total. The van der Waals surface area contributed by atoms with E-state index in [-0.39, 0.29) is 6.10 Å². The maximum Gasteiger partial charge on any atom is 0.124 e. The lowest BCUT2D eigenvalue weighted by atomic mass is 10.0. The fourth-order valence-electron chi connectivity index (χ4n) is 2.88. The van der Waals surface area contributed by atoms with Crippen molar-refractivity contribution in [2.24, 2.45) is 0 Å². The molecule has 2 N–H and O–H groups in total. The van der Waals surface area contributed by atoms with E-state index in [1.807, 2.05) is 18.2 Å². The van der Waals surface area contributed by atoms with E-state index >= 15 is 0 Å². The van der Waals surface area contributed by atoms with E-state index < -0.39 is 0 Å². The van der Waals surface area contributed by atoms with E-state index in [0.29, 0.717) is 19.7 Å². The minimum Gasteiger partial charge on any atom is -0.489 e. The zero-order chi connectivity index (χ0) is 17.6. The zero-order valence-corrected chi connectivity index (χ0v) is 14.8. The van der Waals surface area contributed by atoms with Gasteiger partial charge in [0.1, 0.15) is 12.4 Å². The predicted molar refractivity (Wildman–Crippen MR) is 103 cm³/mol. The van der Waals surface area contributed by atoms with Crippen molar-refractivity contribution in [1.29, 1.82) is 0 Å². The lowest BCUT2D eigenvalue weighted by Gasteiger charge is -2.16. The van der Waals surface area contributed by atoms with Crippen molar-refractivity contribution < 1.29 is 9.84 Å². The van der Waals surface area contributed by atoms with Gasteiger partial charge in [-0.25, -0.2) is 0 Å². The van der Waals surface area contributed by atoms with Gasteiger partial charge in [-0.2, -0.15) is 0 Å². The third-order valence-corrected chi connectivity index (χ3v) is 4.25. The Morgan fingerprint density at radius 3 is 2.52 bits per heavy atom. The summed E-state index contributed by atoms with van der Waals surface area (Å²) in [5.74, 6) is 0.886. The van der Waals surface area contributed by atoms with Crippen LogP contribution in [0.1, 0.15) is 23.6 Å². The summed E-state index contributed by atoms with van der Waals surface area (Å²) in [6.07, 6.45) is -0.369. The summed E-state index contributed by atoms with van der Waals surface area (Å²) >= 11 is 0. The summed E-state index contributed by atoms with van der Waals surface area (Å²) in [6, 6.07) is 20.9. The van der Waals surface area contributed by atoms with Crippen molar-refractivity contribution in [3.63, 3.8) is 0 Å². The molecule has 0 heterocycles. The van der Waals surface area contributed by atoms with Crippen LogP contribution in [0.25, 0.3) is 10.8 Å². The second-order valence-electron chi connectivity index (χ2n) is 6.52. The number of benzene rings is 3. The Morgan fingerprint density at radius 2 is 1.76 bits per heavy atom. The molecule has 3 aromatic rings. The molecule has 0 saturated heterocycles. The third kappa shape index (κ3) is 4.59. The number of aliphatic hydroxyl groups is 1. The first-order valence-electron chi connectivity index (χ1n) is 8.71. The van der Waals surface area contributed by atoms with Gasteiger partial charge in [0.15, 0.2) is 0 Å². The average molecular weight is 335 g/mol. The van der Waals surface area contributed by atoms with Crippen LogP contribution < -0.4 is 10.1 Å². The largest absolute Gasteiger partial charge is 0.489 e. The second-order valence-corrected chi connectivity index (χ2v) is 6.52. The van der Waals surface area contributed by atoms with E-state index in [0.717, 1.165) is 16.9 Å². The summed E-state index contributed by atoms with van der Waals surface area (Å²) in [6.45, 7) is 5.63. The van der Waals surface area contributed by atoms with Gasteiger partial charge in [-0.1, -0.05) is 60.2 Å². The van der Waals surface area contributed by atoms with E-state index in [2.05, 4.69) is 54.7 Å². The van der Waals surface area contributed by atoms with E-state index in [1.54, 1.807) is 6.92 Å². The lowest BCUT2D eigenvalue weighted by molar-refractivity contribution is 0.190. The Morgan fingerprint density at radius 1 is 1.00 bits per heavy atom. The van der Waals surface area contributed by atoms with Crippen molar-refractivity contribution in [3.8, 4) is 5.75 Å². The van der Waals surface area contributed by atoms with Gasteiger partial charge in [-0.3, -0.25) is 0 Å². The highest BCUT2D eigenvalue weighted by Gasteiger charge is 2.09. The van der Waals surface area contributed by atoms with E-state index in [9.17, 15) is 5.11 Å². The minimum atomic E-state index is -0.369. The second kappa shape index (κ2) is 8.15. The molecule has 1 atom stereocenters. The van der Waals surface area contributed by atoms with Crippen LogP contribution in [0.15, 0.2) is 60.7 Å². The number of nitrogens with one attached hydrogen (secondary N) is 1. The molecule has 0 radical (unpaired) electrons. The molecule has 0 saturated carbocycles. The Kier molecular flexibility index (Phi) is 5.69. The monoisotopic (exact) mass is 335 g/mol. The molecule has 3 heteroatoms. The van der Waals surface area contributed by atoms with Crippen molar-refractivity contribution in [2.75, 3.05) is 6.54 Å². The Labute approximate surface area is 149 Å². The third-order valence-electron chi connectivity index (χ3n) is 4.25. The SMILES string of the molecule is Cc1ccc(COc2ccc3ccccc3c2CNC[C@@H](C)O)cc1. The zero-order valence-electron chi connectivity index (χ0n) is 14.8. The number of hydrogen-bond acceptors (Lipinski definition) is 3. The number of fused-ring (bicyclic) bond motifs is 1. The Hall–Kier alpha value is -2.36. The standard InChI is InChI=1S/C22H25NO2/c1-16-7-9-18(10-8-16)15-25-22-12-11-19-5-3-4-6-20(19)21(22)14-23-13-17(2)24/h3-12,17,23-24H,13-15H2,1-2H3/t17-/m1/s1.